The van der Waals surface area contributed by atoms with Crippen LogP contribution in [-0.4, -0.2) is 27.1 Å². The Morgan fingerprint density at radius 3 is 2.49 bits per heavy atom. The molecule has 4 rings (SSSR count). The zero-order valence-electron chi connectivity index (χ0n) is 17.8. The second kappa shape index (κ2) is 10.2. The molecule has 3 aromatic rings. The Bertz CT molecular complexity index is 1370. The highest BCUT2D eigenvalue weighted by atomic mass is 32.2. The normalized spacial score (nSPS) is 14.0. The van der Waals surface area contributed by atoms with E-state index in [2.05, 4.69) is 10.3 Å². The lowest BCUT2D eigenvalue weighted by Gasteiger charge is -2.07. The summed E-state index contributed by atoms with van der Waals surface area (Å²) in [6, 6.07) is 16.4. The van der Waals surface area contributed by atoms with Gasteiger partial charge < -0.3 is 15.2 Å². The molecular weight excluding hydrogens is 477 g/mol. The summed E-state index contributed by atoms with van der Waals surface area (Å²) < 4.78 is 19.5. The molecule has 0 atom stereocenters. The van der Waals surface area contributed by atoms with E-state index in [1.54, 1.807) is 54.6 Å². The first-order valence-corrected chi connectivity index (χ1v) is 10.9. The van der Waals surface area contributed by atoms with Gasteiger partial charge in [-0.1, -0.05) is 24.3 Å². The quantitative estimate of drug-likeness (QED) is 0.260. The highest BCUT2D eigenvalue weighted by Crippen LogP contribution is 2.31. The number of hydrogen-bond donors (Lipinski definition) is 2. The number of carboxylic acids is 1. The number of non-ortho nitro benzene ring substituents is 1. The maximum atomic E-state index is 14.0. The van der Waals surface area contributed by atoms with Gasteiger partial charge in [0.25, 0.3) is 11.6 Å². The molecule has 3 aromatic carbocycles. The maximum Gasteiger partial charge on any atom is 0.307 e. The van der Waals surface area contributed by atoms with Crippen LogP contribution >= 0.6 is 11.8 Å². The summed E-state index contributed by atoms with van der Waals surface area (Å²) in [6.07, 6.45) is 1.57. The number of nitro benzene ring substituents is 1. The number of anilines is 1. The predicted molar refractivity (Wildman–Crippen MR) is 129 cm³/mol. The number of aliphatic carboxylic acids is 1. The fourth-order valence-corrected chi connectivity index (χ4v) is 3.90. The van der Waals surface area contributed by atoms with Crippen molar-refractivity contribution in [2.45, 2.75) is 6.42 Å². The van der Waals surface area contributed by atoms with Gasteiger partial charge in [-0.05, 0) is 59.3 Å². The van der Waals surface area contributed by atoms with Crippen molar-refractivity contribution in [2.24, 2.45) is 4.99 Å². The molecule has 0 saturated heterocycles. The van der Waals surface area contributed by atoms with E-state index >= 15 is 0 Å². The number of amides is 1. The van der Waals surface area contributed by atoms with Gasteiger partial charge in [-0.25, -0.2) is 4.39 Å². The minimum Gasteiger partial charge on any atom is -0.481 e. The Hall–Kier alpha value is -4.51. The molecule has 0 aromatic heterocycles. The van der Waals surface area contributed by atoms with Gasteiger partial charge in [0.05, 0.1) is 22.3 Å². The highest BCUT2D eigenvalue weighted by molar-refractivity contribution is 8.18. The van der Waals surface area contributed by atoms with Gasteiger partial charge in [0, 0.05) is 11.8 Å². The van der Waals surface area contributed by atoms with Crippen LogP contribution < -0.4 is 10.1 Å². The number of carbonyl (C=O) groups is 2. The fraction of sp³-hybridized carbons (Fsp3) is 0.0417. The molecule has 1 amide bonds. The van der Waals surface area contributed by atoms with Crippen LogP contribution in [0.5, 0.6) is 11.5 Å². The summed E-state index contributed by atoms with van der Waals surface area (Å²) in [5.41, 5.74) is 1.64. The lowest BCUT2D eigenvalue weighted by molar-refractivity contribution is -0.385. The number of nitro groups is 1. The number of hydrogen-bond acceptors (Lipinski definition) is 7. The average Bonchev–Trinajstić information content (AvgIpc) is 3.15. The van der Waals surface area contributed by atoms with Crippen LogP contribution in [0.4, 0.5) is 15.8 Å². The molecule has 11 heteroatoms. The molecule has 0 bridgehead atoms. The third-order valence-electron chi connectivity index (χ3n) is 4.71. The van der Waals surface area contributed by atoms with E-state index in [4.69, 9.17) is 9.84 Å². The number of nitrogens with zero attached hydrogens (tertiary/aromatic N) is 2. The lowest BCUT2D eigenvalue weighted by atomic mass is 10.1. The first-order chi connectivity index (χ1) is 16.8. The van der Waals surface area contributed by atoms with Crippen LogP contribution in [0.15, 0.2) is 76.6 Å². The van der Waals surface area contributed by atoms with Crippen molar-refractivity contribution in [2.75, 3.05) is 5.32 Å². The smallest absolute Gasteiger partial charge is 0.307 e. The SMILES string of the molecule is O=C(O)Cc1ccc(NC2=NC(=O)C(=Cc3ccc(Oc4ccc([N+](=O)[O-])cc4F)cc3)S2)cc1. The van der Waals surface area contributed by atoms with Crippen LogP contribution in [-0.2, 0) is 16.0 Å². The number of thioether (sulfide) groups is 1. The van der Waals surface area contributed by atoms with Crippen molar-refractivity contribution in [3.63, 3.8) is 0 Å². The lowest BCUT2D eigenvalue weighted by Crippen LogP contribution is -2.05. The van der Waals surface area contributed by atoms with Gasteiger partial charge in [-0.2, -0.15) is 4.99 Å². The molecule has 0 saturated carbocycles. The molecule has 0 aliphatic carbocycles. The summed E-state index contributed by atoms with van der Waals surface area (Å²) in [5.74, 6) is -2.01. The Balaban J connectivity index is 1.38. The number of rotatable bonds is 7. The van der Waals surface area contributed by atoms with E-state index in [0.717, 1.165) is 23.9 Å². The van der Waals surface area contributed by atoms with Crippen molar-refractivity contribution < 1.29 is 28.7 Å². The molecule has 1 heterocycles. The minimum absolute atomic E-state index is 0.0754. The topological polar surface area (TPSA) is 131 Å². The minimum atomic E-state index is -0.917. The first kappa shape index (κ1) is 23.6. The molecule has 0 unspecified atom stereocenters. The molecule has 176 valence electrons. The number of amidine groups is 1. The second-order valence-electron chi connectivity index (χ2n) is 7.27. The number of nitrogens with one attached hydrogen (secondary N) is 1. The molecule has 35 heavy (non-hydrogen) atoms. The third kappa shape index (κ3) is 6.09. The van der Waals surface area contributed by atoms with Crippen molar-refractivity contribution in [3.05, 3.63) is 98.7 Å². The maximum absolute atomic E-state index is 14.0. The van der Waals surface area contributed by atoms with E-state index in [1.165, 1.54) is 6.07 Å². The van der Waals surface area contributed by atoms with Crippen LogP contribution in [0, 0.1) is 15.9 Å². The Kier molecular flexibility index (Phi) is 6.88. The van der Waals surface area contributed by atoms with Gasteiger partial charge in [-0.15, -0.1) is 0 Å². The number of benzene rings is 3. The summed E-state index contributed by atoms with van der Waals surface area (Å²) in [4.78, 5) is 37.5. The van der Waals surface area contributed by atoms with E-state index in [1.807, 2.05) is 0 Å². The number of aliphatic imine (C=N–C) groups is 1. The summed E-state index contributed by atoms with van der Waals surface area (Å²) in [5, 5.41) is 23.0. The van der Waals surface area contributed by atoms with Crippen LogP contribution in [0.1, 0.15) is 11.1 Å². The second-order valence-corrected chi connectivity index (χ2v) is 8.30. The Labute approximate surface area is 202 Å². The summed E-state index contributed by atoms with van der Waals surface area (Å²) in [6.45, 7) is 0. The van der Waals surface area contributed by atoms with Crippen molar-refractivity contribution in [3.8, 4) is 11.5 Å². The van der Waals surface area contributed by atoms with Gasteiger partial charge in [0.15, 0.2) is 16.7 Å². The summed E-state index contributed by atoms with van der Waals surface area (Å²) >= 11 is 1.16. The van der Waals surface area contributed by atoms with Crippen molar-refractivity contribution >= 4 is 46.3 Å². The molecule has 1 aliphatic heterocycles. The zero-order valence-corrected chi connectivity index (χ0v) is 18.6. The van der Waals surface area contributed by atoms with Crippen LogP contribution in [0.25, 0.3) is 6.08 Å². The van der Waals surface area contributed by atoms with Gasteiger partial charge >= 0.3 is 5.97 Å². The Morgan fingerprint density at radius 1 is 1.14 bits per heavy atom. The Morgan fingerprint density at radius 2 is 1.86 bits per heavy atom. The number of halogens is 1. The van der Waals surface area contributed by atoms with E-state index < -0.39 is 22.6 Å². The monoisotopic (exact) mass is 493 g/mol. The number of carbonyl (C=O) groups excluding carboxylic acids is 1. The fourth-order valence-electron chi connectivity index (χ4n) is 3.06. The number of ether oxygens (including phenoxy) is 1. The standard InChI is InChI=1S/C24H16FN3O6S/c25-19-13-17(28(32)33)7-10-20(19)34-18-8-3-14(4-9-18)11-21-23(31)27-24(35-21)26-16-5-1-15(2-6-16)12-22(29)30/h1-11,13H,12H2,(H,29,30)(H,26,27,31). The molecule has 2 N–H and O–H groups in total. The van der Waals surface area contributed by atoms with Crippen molar-refractivity contribution in [1.82, 2.24) is 0 Å². The predicted octanol–water partition coefficient (Wildman–Crippen LogP) is 5.24. The van der Waals surface area contributed by atoms with E-state index in [-0.39, 0.29) is 17.9 Å². The third-order valence-corrected chi connectivity index (χ3v) is 5.61. The van der Waals surface area contributed by atoms with E-state index in [0.29, 0.717) is 32.6 Å². The summed E-state index contributed by atoms with van der Waals surface area (Å²) in [7, 11) is 0. The van der Waals surface area contributed by atoms with Gasteiger partial charge in [0.1, 0.15) is 5.75 Å². The zero-order chi connectivity index (χ0) is 24.9. The van der Waals surface area contributed by atoms with Crippen LogP contribution in [0.2, 0.25) is 0 Å². The molecule has 0 radical (unpaired) electrons. The highest BCUT2D eigenvalue weighted by Gasteiger charge is 2.22. The molecule has 0 spiro atoms. The van der Waals surface area contributed by atoms with Crippen LogP contribution in [0.3, 0.4) is 0 Å². The molecule has 9 nitrogen and oxygen atoms in total. The van der Waals surface area contributed by atoms with E-state index in [9.17, 15) is 24.1 Å². The molecule has 0 fully saturated rings. The average molecular weight is 493 g/mol. The van der Waals surface area contributed by atoms with Gasteiger partial charge in [-0.3, -0.25) is 19.7 Å². The van der Waals surface area contributed by atoms with Gasteiger partial charge in [0.2, 0.25) is 0 Å². The first-order valence-electron chi connectivity index (χ1n) is 10.1. The number of carboxylic acid groups (broad SMARTS) is 1. The molecule has 1 aliphatic rings. The largest absolute Gasteiger partial charge is 0.481 e. The molecular formula is C24H16FN3O6S. The van der Waals surface area contributed by atoms with Crippen molar-refractivity contribution in [1.29, 1.82) is 0 Å².